The third kappa shape index (κ3) is 1.97. The van der Waals surface area contributed by atoms with E-state index in [1.54, 1.807) is 7.11 Å². The molecule has 0 bridgehead atoms. The standard InChI is InChI=1S/C14H18O4/c1-3-12(13(15)16)14(8-18-9-14)10-4-6-11(17-2)7-5-10/h4-7,12H,3,8-9H2,1-2H3,(H,15,16). The highest BCUT2D eigenvalue weighted by atomic mass is 16.5. The Morgan fingerprint density at radius 2 is 2.06 bits per heavy atom. The summed E-state index contributed by atoms with van der Waals surface area (Å²) >= 11 is 0. The van der Waals surface area contributed by atoms with E-state index < -0.39 is 11.9 Å². The fourth-order valence-corrected chi connectivity index (χ4v) is 2.62. The van der Waals surface area contributed by atoms with Gasteiger partial charge in [-0.2, -0.15) is 0 Å². The number of hydrogen-bond donors (Lipinski definition) is 1. The van der Waals surface area contributed by atoms with Crippen LogP contribution >= 0.6 is 0 Å². The smallest absolute Gasteiger partial charge is 0.307 e. The molecular weight excluding hydrogens is 232 g/mol. The SMILES string of the molecule is CCC(C(=O)O)C1(c2ccc(OC)cc2)COC1. The quantitative estimate of drug-likeness (QED) is 0.869. The number of aliphatic carboxylic acids is 1. The van der Waals surface area contributed by atoms with Crippen molar-refractivity contribution in [2.75, 3.05) is 20.3 Å². The minimum atomic E-state index is -0.753. The van der Waals surface area contributed by atoms with Crippen molar-refractivity contribution >= 4 is 5.97 Å². The van der Waals surface area contributed by atoms with Gasteiger partial charge >= 0.3 is 5.97 Å². The lowest BCUT2D eigenvalue weighted by atomic mass is 9.67. The molecule has 0 saturated carbocycles. The van der Waals surface area contributed by atoms with E-state index in [2.05, 4.69) is 0 Å². The second kappa shape index (κ2) is 4.98. The summed E-state index contributed by atoms with van der Waals surface area (Å²) < 4.78 is 10.4. The van der Waals surface area contributed by atoms with Gasteiger partial charge in [-0.05, 0) is 24.1 Å². The Hall–Kier alpha value is -1.55. The lowest BCUT2D eigenvalue weighted by molar-refractivity contribution is -0.157. The van der Waals surface area contributed by atoms with E-state index in [9.17, 15) is 9.90 Å². The molecule has 0 aliphatic carbocycles. The average Bonchev–Trinajstić information content (AvgIpc) is 2.33. The van der Waals surface area contributed by atoms with E-state index in [1.807, 2.05) is 31.2 Å². The molecular formula is C14H18O4. The van der Waals surface area contributed by atoms with Crippen molar-refractivity contribution in [3.05, 3.63) is 29.8 Å². The van der Waals surface area contributed by atoms with Crippen molar-refractivity contribution in [2.45, 2.75) is 18.8 Å². The number of hydrogen-bond acceptors (Lipinski definition) is 3. The van der Waals surface area contributed by atoms with Gasteiger partial charge in [-0.15, -0.1) is 0 Å². The highest BCUT2D eigenvalue weighted by Crippen LogP contribution is 2.41. The minimum absolute atomic E-state index is 0.382. The molecule has 4 nitrogen and oxygen atoms in total. The van der Waals surface area contributed by atoms with Crippen LogP contribution in [-0.2, 0) is 14.9 Å². The van der Waals surface area contributed by atoms with Crippen molar-refractivity contribution in [1.82, 2.24) is 0 Å². The Bertz CT molecular complexity index is 420. The Morgan fingerprint density at radius 3 is 2.39 bits per heavy atom. The monoisotopic (exact) mass is 250 g/mol. The molecule has 0 spiro atoms. The van der Waals surface area contributed by atoms with Crippen LogP contribution in [0, 0.1) is 5.92 Å². The number of carboxylic acids is 1. The molecule has 0 radical (unpaired) electrons. The van der Waals surface area contributed by atoms with Crippen LogP contribution in [0.1, 0.15) is 18.9 Å². The van der Waals surface area contributed by atoms with Crippen LogP contribution in [0.15, 0.2) is 24.3 Å². The largest absolute Gasteiger partial charge is 0.497 e. The number of carboxylic acid groups (broad SMARTS) is 1. The van der Waals surface area contributed by atoms with Crippen molar-refractivity contribution < 1.29 is 19.4 Å². The minimum Gasteiger partial charge on any atom is -0.497 e. The molecule has 0 aromatic heterocycles. The summed E-state index contributed by atoms with van der Waals surface area (Å²) in [5.41, 5.74) is 0.635. The van der Waals surface area contributed by atoms with Gasteiger partial charge in [-0.1, -0.05) is 19.1 Å². The van der Waals surface area contributed by atoms with Crippen LogP contribution in [0.5, 0.6) is 5.75 Å². The molecule has 1 aromatic rings. The maximum absolute atomic E-state index is 11.4. The molecule has 18 heavy (non-hydrogen) atoms. The van der Waals surface area contributed by atoms with Crippen molar-refractivity contribution in [2.24, 2.45) is 5.92 Å². The van der Waals surface area contributed by atoms with Crippen LogP contribution in [0.2, 0.25) is 0 Å². The molecule has 1 N–H and O–H groups in total. The molecule has 0 amide bonds. The van der Waals surface area contributed by atoms with Gasteiger partial charge in [0, 0.05) is 0 Å². The first-order chi connectivity index (χ1) is 8.64. The van der Waals surface area contributed by atoms with Gasteiger partial charge in [0.05, 0.1) is 31.7 Å². The maximum Gasteiger partial charge on any atom is 0.307 e. The highest BCUT2D eigenvalue weighted by molar-refractivity contribution is 5.73. The zero-order valence-corrected chi connectivity index (χ0v) is 10.7. The average molecular weight is 250 g/mol. The Labute approximate surface area is 107 Å². The summed E-state index contributed by atoms with van der Waals surface area (Å²) in [4.78, 5) is 11.4. The Morgan fingerprint density at radius 1 is 1.44 bits per heavy atom. The van der Waals surface area contributed by atoms with E-state index >= 15 is 0 Å². The summed E-state index contributed by atoms with van der Waals surface area (Å²) in [5.74, 6) is -0.381. The number of carbonyl (C=O) groups is 1. The molecule has 2 rings (SSSR count). The topological polar surface area (TPSA) is 55.8 Å². The van der Waals surface area contributed by atoms with Gasteiger partial charge in [0.1, 0.15) is 5.75 Å². The molecule has 1 unspecified atom stereocenters. The molecule has 1 fully saturated rings. The molecule has 1 aliphatic heterocycles. The zero-order chi connectivity index (χ0) is 13.2. The molecule has 1 aromatic carbocycles. The molecule has 1 atom stereocenters. The maximum atomic E-state index is 11.4. The predicted molar refractivity (Wildman–Crippen MR) is 66.9 cm³/mol. The summed E-state index contributed by atoms with van der Waals surface area (Å²) in [7, 11) is 1.61. The van der Waals surface area contributed by atoms with Crippen molar-refractivity contribution in [3.8, 4) is 5.75 Å². The molecule has 1 heterocycles. The van der Waals surface area contributed by atoms with Gasteiger partial charge in [0.25, 0.3) is 0 Å². The van der Waals surface area contributed by atoms with Crippen molar-refractivity contribution in [1.29, 1.82) is 0 Å². The fraction of sp³-hybridized carbons (Fsp3) is 0.500. The third-order valence-electron chi connectivity index (χ3n) is 3.76. The normalized spacial score (nSPS) is 18.8. The second-order valence-corrected chi connectivity index (χ2v) is 4.68. The second-order valence-electron chi connectivity index (χ2n) is 4.68. The van der Waals surface area contributed by atoms with E-state index in [4.69, 9.17) is 9.47 Å². The Balaban J connectivity index is 2.33. The first-order valence-corrected chi connectivity index (χ1v) is 6.09. The number of ether oxygens (including phenoxy) is 2. The summed E-state index contributed by atoms with van der Waals surface area (Å²) in [5, 5.41) is 9.36. The van der Waals surface area contributed by atoms with Crippen LogP contribution < -0.4 is 4.74 Å². The predicted octanol–water partition coefficient (Wildman–Crippen LogP) is 2.07. The molecule has 1 saturated heterocycles. The van der Waals surface area contributed by atoms with Gasteiger partial charge in [-0.3, -0.25) is 4.79 Å². The van der Waals surface area contributed by atoms with Crippen LogP contribution in [-0.4, -0.2) is 31.4 Å². The third-order valence-corrected chi connectivity index (χ3v) is 3.76. The van der Waals surface area contributed by atoms with E-state index in [1.165, 1.54) is 0 Å². The number of rotatable bonds is 5. The lowest BCUT2D eigenvalue weighted by Crippen LogP contribution is -2.54. The summed E-state index contributed by atoms with van der Waals surface area (Å²) in [6.07, 6.45) is 0.602. The van der Waals surface area contributed by atoms with Crippen molar-refractivity contribution in [3.63, 3.8) is 0 Å². The van der Waals surface area contributed by atoms with Crippen LogP contribution in [0.3, 0.4) is 0 Å². The van der Waals surface area contributed by atoms with E-state index in [0.29, 0.717) is 19.6 Å². The molecule has 1 aliphatic rings. The first kappa shape index (κ1) is 12.9. The summed E-state index contributed by atoms with van der Waals surface area (Å²) in [6.45, 7) is 2.86. The highest BCUT2D eigenvalue weighted by Gasteiger charge is 2.49. The van der Waals surface area contributed by atoms with Crippen LogP contribution in [0.25, 0.3) is 0 Å². The van der Waals surface area contributed by atoms with Gasteiger partial charge in [0.2, 0.25) is 0 Å². The van der Waals surface area contributed by atoms with Gasteiger partial charge in [0.15, 0.2) is 0 Å². The zero-order valence-electron chi connectivity index (χ0n) is 10.7. The number of methoxy groups -OCH3 is 1. The van der Waals surface area contributed by atoms with E-state index in [0.717, 1.165) is 11.3 Å². The summed E-state index contributed by atoms with van der Waals surface area (Å²) in [6, 6.07) is 7.61. The number of benzene rings is 1. The Kier molecular flexibility index (Phi) is 3.57. The van der Waals surface area contributed by atoms with Crippen LogP contribution in [0.4, 0.5) is 0 Å². The van der Waals surface area contributed by atoms with E-state index in [-0.39, 0.29) is 5.41 Å². The first-order valence-electron chi connectivity index (χ1n) is 6.09. The fourth-order valence-electron chi connectivity index (χ4n) is 2.62. The molecule has 4 heteroatoms. The van der Waals surface area contributed by atoms with Gasteiger partial charge in [-0.25, -0.2) is 0 Å². The van der Waals surface area contributed by atoms with Gasteiger partial charge < -0.3 is 14.6 Å². The lowest BCUT2D eigenvalue weighted by Gasteiger charge is -2.45. The molecule has 98 valence electrons.